The maximum absolute atomic E-state index is 12.8. The highest BCUT2D eigenvalue weighted by Crippen LogP contribution is 2.26. The Hall–Kier alpha value is -2.18. The molecule has 0 aliphatic heterocycles. The number of nitro groups is 1. The van der Waals surface area contributed by atoms with Crippen LogP contribution in [0.15, 0.2) is 12.1 Å². The molecule has 0 saturated heterocycles. The van der Waals surface area contributed by atoms with Crippen LogP contribution in [0.4, 0.5) is 15.8 Å². The lowest BCUT2D eigenvalue weighted by Crippen LogP contribution is -2.08. The second kappa shape index (κ2) is 3.29. The molecule has 0 aromatic heterocycles. The van der Waals surface area contributed by atoms with Gasteiger partial charge < -0.3 is 10.8 Å². The maximum Gasteiger partial charge on any atom is 0.344 e. The fourth-order valence-corrected chi connectivity index (χ4v) is 0.960. The van der Waals surface area contributed by atoms with Crippen molar-refractivity contribution in [2.24, 2.45) is 0 Å². The molecule has 1 rings (SSSR count). The molecule has 1 aromatic carbocycles. The second-order valence-corrected chi connectivity index (χ2v) is 2.42. The Balaban J connectivity index is 3.53. The number of carboxylic acid groups (broad SMARTS) is 1. The summed E-state index contributed by atoms with van der Waals surface area (Å²) in [6, 6.07) is 1.51. The largest absolute Gasteiger partial charge is 0.477 e. The Bertz CT molecular complexity index is 418. The van der Waals surface area contributed by atoms with E-state index in [1.54, 1.807) is 0 Å². The molecule has 0 spiro atoms. The average Bonchev–Trinajstić information content (AvgIpc) is 2.08. The van der Waals surface area contributed by atoms with E-state index in [4.69, 9.17) is 10.8 Å². The van der Waals surface area contributed by atoms with Crippen LogP contribution in [0.5, 0.6) is 0 Å². The van der Waals surface area contributed by atoms with Crippen LogP contribution >= 0.6 is 0 Å². The number of carboxylic acids is 1. The summed E-state index contributed by atoms with van der Waals surface area (Å²) in [4.78, 5) is 20.0. The molecule has 0 fully saturated rings. The molecule has 0 atom stereocenters. The van der Waals surface area contributed by atoms with Crippen molar-refractivity contribution < 1.29 is 19.2 Å². The van der Waals surface area contributed by atoms with Crippen LogP contribution in [-0.4, -0.2) is 16.0 Å². The van der Waals surface area contributed by atoms with Gasteiger partial charge in [0.25, 0.3) is 5.69 Å². The zero-order valence-electron chi connectivity index (χ0n) is 6.73. The summed E-state index contributed by atoms with van der Waals surface area (Å²) in [7, 11) is 0. The van der Waals surface area contributed by atoms with Crippen LogP contribution in [0.1, 0.15) is 10.4 Å². The van der Waals surface area contributed by atoms with E-state index in [0.717, 1.165) is 12.1 Å². The van der Waals surface area contributed by atoms with Gasteiger partial charge in [-0.2, -0.15) is 0 Å². The molecule has 0 radical (unpaired) electrons. The van der Waals surface area contributed by atoms with Gasteiger partial charge in [-0.3, -0.25) is 10.1 Å². The van der Waals surface area contributed by atoms with Crippen LogP contribution in [0.2, 0.25) is 0 Å². The van der Waals surface area contributed by atoms with Gasteiger partial charge in [0, 0.05) is 6.07 Å². The Morgan fingerprint density at radius 2 is 2.14 bits per heavy atom. The number of nitrogens with two attached hydrogens (primary N) is 1. The number of hydrogen-bond acceptors (Lipinski definition) is 4. The van der Waals surface area contributed by atoms with E-state index in [2.05, 4.69) is 0 Å². The summed E-state index contributed by atoms with van der Waals surface area (Å²) in [6.45, 7) is 0. The van der Waals surface area contributed by atoms with Crippen LogP contribution < -0.4 is 5.73 Å². The number of nitrogen functional groups attached to an aromatic ring is 1. The van der Waals surface area contributed by atoms with E-state index < -0.39 is 33.6 Å². The van der Waals surface area contributed by atoms with Crippen molar-refractivity contribution in [3.63, 3.8) is 0 Å². The first-order valence-electron chi connectivity index (χ1n) is 3.40. The minimum absolute atomic E-state index is 0.726. The monoisotopic (exact) mass is 200 g/mol. The molecule has 1 aromatic rings. The SMILES string of the molecule is Nc1c(F)ccc([N+](=O)[O-])c1C(=O)O. The number of aromatic carboxylic acids is 1. The summed E-state index contributed by atoms with van der Waals surface area (Å²) >= 11 is 0. The van der Waals surface area contributed by atoms with Crippen LogP contribution in [0.25, 0.3) is 0 Å². The first-order chi connectivity index (χ1) is 6.45. The highest BCUT2D eigenvalue weighted by atomic mass is 19.1. The van der Waals surface area contributed by atoms with Gasteiger partial charge in [-0.15, -0.1) is 0 Å². The number of anilines is 1. The fourth-order valence-electron chi connectivity index (χ4n) is 0.960. The normalized spacial score (nSPS) is 9.79. The zero-order chi connectivity index (χ0) is 10.9. The fraction of sp³-hybridized carbons (Fsp3) is 0. The lowest BCUT2D eigenvalue weighted by Gasteiger charge is -2.02. The van der Waals surface area contributed by atoms with Crippen molar-refractivity contribution >= 4 is 17.3 Å². The quantitative estimate of drug-likeness (QED) is 0.421. The molecule has 6 nitrogen and oxygen atoms in total. The third kappa shape index (κ3) is 1.47. The summed E-state index contributed by atoms with van der Waals surface area (Å²) < 4.78 is 12.8. The highest BCUT2D eigenvalue weighted by Gasteiger charge is 2.24. The van der Waals surface area contributed by atoms with Gasteiger partial charge in [-0.05, 0) is 6.07 Å². The molecule has 0 amide bonds. The summed E-state index contributed by atoms with van der Waals surface area (Å²) in [5, 5.41) is 18.9. The van der Waals surface area contributed by atoms with E-state index in [0.29, 0.717) is 0 Å². The summed E-state index contributed by atoms with van der Waals surface area (Å²) in [5.74, 6) is -2.62. The van der Waals surface area contributed by atoms with E-state index in [1.165, 1.54) is 0 Å². The van der Waals surface area contributed by atoms with Crippen LogP contribution in [0, 0.1) is 15.9 Å². The predicted octanol–water partition coefficient (Wildman–Crippen LogP) is 1.01. The molecular formula is C7H5FN2O4. The van der Waals surface area contributed by atoms with Gasteiger partial charge in [0.2, 0.25) is 0 Å². The van der Waals surface area contributed by atoms with Gasteiger partial charge >= 0.3 is 5.97 Å². The predicted molar refractivity (Wildman–Crippen MR) is 44.4 cm³/mol. The molecule has 14 heavy (non-hydrogen) atoms. The van der Waals surface area contributed by atoms with Gasteiger partial charge in [0.1, 0.15) is 5.82 Å². The molecule has 0 heterocycles. The van der Waals surface area contributed by atoms with Crippen molar-refractivity contribution in [1.29, 1.82) is 0 Å². The number of nitrogens with zero attached hydrogens (tertiary/aromatic N) is 1. The Morgan fingerprint density at radius 1 is 1.57 bits per heavy atom. The van der Waals surface area contributed by atoms with E-state index >= 15 is 0 Å². The van der Waals surface area contributed by atoms with Crippen molar-refractivity contribution in [2.45, 2.75) is 0 Å². The lowest BCUT2D eigenvalue weighted by molar-refractivity contribution is -0.385. The van der Waals surface area contributed by atoms with Gasteiger partial charge in [0.05, 0.1) is 10.6 Å². The Morgan fingerprint density at radius 3 is 2.57 bits per heavy atom. The molecule has 3 N–H and O–H groups in total. The third-order valence-electron chi connectivity index (χ3n) is 1.58. The second-order valence-electron chi connectivity index (χ2n) is 2.42. The number of benzene rings is 1. The molecule has 0 aliphatic rings. The molecule has 0 unspecified atom stereocenters. The van der Waals surface area contributed by atoms with Gasteiger partial charge in [-0.1, -0.05) is 0 Å². The minimum Gasteiger partial charge on any atom is -0.477 e. The van der Waals surface area contributed by atoms with E-state index in [1.807, 2.05) is 0 Å². The highest BCUT2D eigenvalue weighted by molar-refractivity contribution is 5.98. The molecule has 7 heteroatoms. The molecular weight excluding hydrogens is 195 g/mol. The third-order valence-corrected chi connectivity index (χ3v) is 1.58. The molecule has 0 bridgehead atoms. The van der Waals surface area contributed by atoms with Crippen molar-refractivity contribution in [3.05, 3.63) is 33.6 Å². The van der Waals surface area contributed by atoms with Crippen molar-refractivity contribution in [1.82, 2.24) is 0 Å². The first-order valence-corrected chi connectivity index (χ1v) is 3.40. The van der Waals surface area contributed by atoms with Crippen molar-refractivity contribution in [3.8, 4) is 0 Å². The maximum atomic E-state index is 12.8. The van der Waals surface area contributed by atoms with E-state index in [9.17, 15) is 19.3 Å². The first kappa shape index (κ1) is 9.90. The summed E-state index contributed by atoms with van der Waals surface area (Å²) in [5.41, 5.74) is 2.78. The van der Waals surface area contributed by atoms with E-state index in [-0.39, 0.29) is 0 Å². The Labute approximate surface area is 76.9 Å². The molecule has 74 valence electrons. The van der Waals surface area contributed by atoms with Gasteiger partial charge in [-0.25, -0.2) is 9.18 Å². The number of halogens is 1. The Kier molecular flexibility index (Phi) is 2.32. The van der Waals surface area contributed by atoms with Crippen LogP contribution in [0.3, 0.4) is 0 Å². The van der Waals surface area contributed by atoms with Gasteiger partial charge in [0.15, 0.2) is 5.56 Å². The molecule has 0 aliphatic carbocycles. The summed E-state index contributed by atoms with van der Waals surface area (Å²) in [6.07, 6.45) is 0. The lowest BCUT2D eigenvalue weighted by atomic mass is 10.1. The van der Waals surface area contributed by atoms with Crippen LogP contribution in [-0.2, 0) is 0 Å². The smallest absolute Gasteiger partial charge is 0.344 e. The number of rotatable bonds is 2. The number of hydrogen-bond donors (Lipinski definition) is 2. The zero-order valence-corrected chi connectivity index (χ0v) is 6.73. The topological polar surface area (TPSA) is 106 Å². The van der Waals surface area contributed by atoms with Crippen molar-refractivity contribution in [2.75, 3.05) is 5.73 Å². The average molecular weight is 200 g/mol. The standard InChI is InChI=1S/C7H5FN2O4/c8-3-1-2-4(10(13)14)5(6(3)9)7(11)12/h1-2H,9H2,(H,11,12). The number of carbonyl (C=O) groups is 1. The number of nitro benzene ring substituents is 1. The minimum atomic E-state index is -1.63. The molecule has 0 saturated carbocycles.